The molecular weight excluding hydrogens is 578 g/mol. The fourth-order valence-electron chi connectivity index (χ4n) is 3.56. The summed E-state index contributed by atoms with van der Waals surface area (Å²) in [6.45, 7) is 10.3. The Hall–Kier alpha value is -3.28. The van der Waals surface area contributed by atoms with Gasteiger partial charge in [0.2, 0.25) is 0 Å². The van der Waals surface area contributed by atoms with E-state index in [9.17, 15) is 14.0 Å². The van der Waals surface area contributed by atoms with Crippen LogP contribution in [0.3, 0.4) is 0 Å². The molecule has 1 aromatic carbocycles. The minimum atomic E-state index is -0.901. The summed E-state index contributed by atoms with van der Waals surface area (Å²) in [7, 11) is 0. The number of ether oxygens (including phenoxy) is 2. The highest BCUT2D eigenvalue weighted by molar-refractivity contribution is 14.1. The van der Waals surface area contributed by atoms with Crippen LogP contribution in [0.1, 0.15) is 41.5 Å². The summed E-state index contributed by atoms with van der Waals surface area (Å²) in [5.41, 5.74) is 0.189. The minimum Gasteiger partial charge on any atom is -0.443 e. The van der Waals surface area contributed by atoms with E-state index < -0.39 is 23.4 Å². The fraction of sp³-hybridized carbons (Fsp3) is 0.308. The molecule has 10 heteroatoms. The number of imidazole rings is 1. The first-order valence-electron chi connectivity index (χ1n) is 11.2. The summed E-state index contributed by atoms with van der Waals surface area (Å²) < 4.78 is 27.3. The lowest BCUT2D eigenvalue weighted by atomic mass is 10.1. The van der Waals surface area contributed by atoms with Gasteiger partial charge in [0, 0.05) is 38.4 Å². The van der Waals surface area contributed by atoms with Crippen molar-refractivity contribution in [1.82, 2.24) is 14.4 Å². The standard InChI is InChI=1S/C26H26FIN4O4/c1-25(2,3)35-23(33)32(24(34)36-26(4,5)6)22-18-11-15(7-8-17(18)19(28)13-30-22)20-14-29-21-12-16(27)9-10-31(20)21/h7-14H,1-6H3. The van der Waals surface area contributed by atoms with Crippen molar-refractivity contribution in [3.63, 3.8) is 0 Å². The zero-order valence-corrected chi connectivity index (χ0v) is 23.0. The van der Waals surface area contributed by atoms with Crippen molar-refractivity contribution in [3.05, 3.63) is 58.3 Å². The number of halogens is 2. The number of hydrogen-bond acceptors (Lipinski definition) is 6. The van der Waals surface area contributed by atoms with Crippen LogP contribution in [0.25, 0.3) is 27.7 Å². The van der Waals surface area contributed by atoms with Crippen LogP contribution in [-0.4, -0.2) is 37.8 Å². The van der Waals surface area contributed by atoms with Crippen LogP contribution in [0, 0.1) is 9.39 Å². The number of amides is 2. The van der Waals surface area contributed by atoms with Gasteiger partial charge in [-0.25, -0.2) is 23.9 Å². The lowest BCUT2D eigenvalue weighted by molar-refractivity contribution is 0.0429. The number of nitrogens with zero attached hydrogens (tertiary/aromatic N) is 4. The number of hydrogen-bond donors (Lipinski definition) is 0. The van der Waals surface area contributed by atoms with E-state index in [4.69, 9.17) is 9.47 Å². The van der Waals surface area contributed by atoms with Gasteiger partial charge < -0.3 is 9.47 Å². The molecule has 4 rings (SSSR count). The van der Waals surface area contributed by atoms with Gasteiger partial charge in [0.1, 0.15) is 22.7 Å². The molecule has 0 N–H and O–H groups in total. The molecule has 0 radical (unpaired) electrons. The van der Waals surface area contributed by atoms with Crippen molar-refractivity contribution < 1.29 is 23.5 Å². The summed E-state index contributed by atoms with van der Waals surface area (Å²) in [5.74, 6) is -0.305. The highest BCUT2D eigenvalue weighted by atomic mass is 127. The normalized spacial score (nSPS) is 12.1. The van der Waals surface area contributed by atoms with Gasteiger partial charge in [0.05, 0.1) is 11.9 Å². The third-order valence-electron chi connectivity index (χ3n) is 4.95. The van der Waals surface area contributed by atoms with Crippen molar-refractivity contribution in [2.45, 2.75) is 52.7 Å². The molecule has 4 aromatic rings. The van der Waals surface area contributed by atoms with Crippen LogP contribution in [0.4, 0.5) is 19.8 Å². The molecular formula is C26H26FIN4O4. The Morgan fingerprint density at radius 3 is 2.17 bits per heavy atom. The number of anilines is 1. The summed E-state index contributed by atoms with van der Waals surface area (Å²) in [6, 6.07) is 8.28. The molecule has 0 saturated heterocycles. The third-order valence-corrected chi connectivity index (χ3v) is 5.81. The van der Waals surface area contributed by atoms with Crippen molar-refractivity contribution in [2.75, 3.05) is 4.90 Å². The van der Waals surface area contributed by atoms with E-state index in [1.165, 1.54) is 12.1 Å². The molecule has 0 saturated carbocycles. The Bertz CT molecular complexity index is 1460. The predicted octanol–water partition coefficient (Wildman–Crippen LogP) is 6.97. The Morgan fingerprint density at radius 2 is 1.56 bits per heavy atom. The molecule has 0 aliphatic carbocycles. The van der Waals surface area contributed by atoms with E-state index in [0.29, 0.717) is 16.7 Å². The highest BCUT2D eigenvalue weighted by Gasteiger charge is 2.35. The molecule has 0 bridgehead atoms. The molecule has 8 nitrogen and oxygen atoms in total. The number of carbonyl (C=O) groups is 2. The van der Waals surface area contributed by atoms with E-state index in [1.807, 2.05) is 18.2 Å². The van der Waals surface area contributed by atoms with E-state index in [-0.39, 0.29) is 11.6 Å². The van der Waals surface area contributed by atoms with Crippen LogP contribution in [0.15, 0.2) is 48.9 Å². The van der Waals surface area contributed by atoms with E-state index >= 15 is 0 Å². The predicted molar refractivity (Wildman–Crippen MR) is 144 cm³/mol. The second kappa shape index (κ2) is 9.30. The van der Waals surface area contributed by atoms with Crippen LogP contribution >= 0.6 is 22.6 Å². The van der Waals surface area contributed by atoms with Crippen molar-refractivity contribution in [2.24, 2.45) is 0 Å². The summed E-state index contributed by atoms with van der Waals surface area (Å²) in [5, 5.41) is 1.31. The topological polar surface area (TPSA) is 86.0 Å². The number of rotatable bonds is 2. The number of benzene rings is 1. The first-order valence-corrected chi connectivity index (χ1v) is 12.3. The maximum absolute atomic E-state index is 13.7. The van der Waals surface area contributed by atoms with Gasteiger partial charge in [-0.15, -0.1) is 0 Å². The highest BCUT2D eigenvalue weighted by Crippen LogP contribution is 2.34. The second-order valence-corrected chi connectivity index (χ2v) is 11.4. The Morgan fingerprint density at radius 1 is 0.917 bits per heavy atom. The summed E-state index contributed by atoms with van der Waals surface area (Å²) in [4.78, 5) is 36.1. The van der Waals surface area contributed by atoms with E-state index in [2.05, 4.69) is 32.6 Å². The monoisotopic (exact) mass is 604 g/mol. The second-order valence-electron chi connectivity index (χ2n) is 10.2. The van der Waals surface area contributed by atoms with Gasteiger partial charge in [0.15, 0.2) is 5.82 Å². The molecule has 0 spiro atoms. The number of pyridine rings is 2. The molecule has 0 aliphatic rings. The Balaban J connectivity index is 1.91. The molecule has 3 aromatic heterocycles. The maximum Gasteiger partial charge on any atom is 0.425 e. The minimum absolute atomic E-state index is 0.0793. The van der Waals surface area contributed by atoms with Gasteiger partial charge in [-0.2, -0.15) is 4.90 Å². The smallest absolute Gasteiger partial charge is 0.425 e. The number of carbonyl (C=O) groups excluding carboxylic acids is 2. The summed E-state index contributed by atoms with van der Waals surface area (Å²) >= 11 is 2.15. The molecule has 0 aliphatic heterocycles. The van der Waals surface area contributed by atoms with Gasteiger partial charge in [-0.1, -0.05) is 12.1 Å². The van der Waals surface area contributed by atoms with Crippen LogP contribution in [0.5, 0.6) is 0 Å². The average molecular weight is 604 g/mol. The van der Waals surface area contributed by atoms with Crippen molar-refractivity contribution in [1.29, 1.82) is 0 Å². The first-order chi connectivity index (χ1) is 16.7. The third kappa shape index (κ3) is 5.43. The zero-order chi connectivity index (χ0) is 26.4. The Labute approximate surface area is 221 Å². The van der Waals surface area contributed by atoms with E-state index in [1.54, 1.807) is 64.5 Å². The Kier molecular flexibility index (Phi) is 6.67. The van der Waals surface area contributed by atoms with Gasteiger partial charge in [-0.05, 0) is 76.3 Å². The quantitative estimate of drug-likeness (QED) is 0.230. The molecule has 0 unspecified atom stereocenters. The van der Waals surface area contributed by atoms with Gasteiger partial charge in [-0.3, -0.25) is 4.40 Å². The lowest BCUT2D eigenvalue weighted by Crippen LogP contribution is -2.44. The molecule has 3 heterocycles. The van der Waals surface area contributed by atoms with Crippen molar-refractivity contribution >= 4 is 57.0 Å². The molecule has 188 valence electrons. The molecule has 0 atom stereocenters. The molecule has 36 heavy (non-hydrogen) atoms. The number of fused-ring (bicyclic) bond motifs is 2. The average Bonchev–Trinajstić information content (AvgIpc) is 3.16. The SMILES string of the molecule is CC(C)(C)OC(=O)N(C(=O)OC(C)(C)C)c1ncc(I)c2ccc(-c3cnc4cc(F)ccn34)cc12. The largest absolute Gasteiger partial charge is 0.443 e. The van der Waals surface area contributed by atoms with Gasteiger partial charge >= 0.3 is 12.2 Å². The molecule has 0 fully saturated rings. The zero-order valence-electron chi connectivity index (χ0n) is 20.8. The van der Waals surface area contributed by atoms with Crippen LogP contribution < -0.4 is 4.90 Å². The first kappa shape index (κ1) is 25.8. The van der Waals surface area contributed by atoms with E-state index in [0.717, 1.165) is 19.4 Å². The number of aromatic nitrogens is 3. The fourth-order valence-corrected chi connectivity index (χ4v) is 4.17. The lowest BCUT2D eigenvalue weighted by Gasteiger charge is -2.28. The van der Waals surface area contributed by atoms with Gasteiger partial charge in [0.25, 0.3) is 0 Å². The van der Waals surface area contributed by atoms with Crippen molar-refractivity contribution in [3.8, 4) is 11.3 Å². The van der Waals surface area contributed by atoms with Crippen LogP contribution in [-0.2, 0) is 9.47 Å². The molecule has 2 amide bonds. The summed E-state index contributed by atoms with van der Waals surface area (Å²) in [6.07, 6.45) is 3.01. The number of imide groups is 1. The van der Waals surface area contributed by atoms with Crippen LogP contribution in [0.2, 0.25) is 0 Å². The maximum atomic E-state index is 13.7.